The summed E-state index contributed by atoms with van der Waals surface area (Å²) in [6, 6.07) is 24.6. The molecule has 3 aromatic carbocycles. The predicted molar refractivity (Wildman–Crippen MR) is 139 cm³/mol. The maximum atomic E-state index is 13.7. The van der Waals surface area contributed by atoms with E-state index in [1.54, 1.807) is 11.0 Å². The number of rotatable bonds is 11. The highest BCUT2D eigenvalue weighted by molar-refractivity contribution is 6.31. The largest absolute Gasteiger partial charge is 0.354 e. The number of carbonyl (C=O) groups excluding carboxylic acids is 2. The van der Waals surface area contributed by atoms with Crippen LogP contribution in [0.3, 0.4) is 0 Å². The summed E-state index contributed by atoms with van der Waals surface area (Å²) < 4.78 is 0. The van der Waals surface area contributed by atoms with Crippen molar-refractivity contribution < 1.29 is 9.59 Å². The molecular weight excluding hydrogens is 444 g/mol. The third-order valence-electron chi connectivity index (χ3n) is 6.00. The molecule has 178 valence electrons. The molecule has 4 nitrogen and oxygen atoms in total. The van der Waals surface area contributed by atoms with E-state index < -0.39 is 6.04 Å². The molecule has 0 aromatic heterocycles. The van der Waals surface area contributed by atoms with Gasteiger partial charge in [-0.05, 0) is 41.7 Å². The van der Waals surface area contributed by atoms with E-state index in [-0.39, 0.29) is 18.2 Å². The second-order valence-corrected chi connectivity index (χ2v) is 8.97. The van der Waals surface area contributed by atoms with Gasteiger partial charge in [-0.1, -0.05) is 97.7 Å². The molecule has 0 radical (unpaired) electrons. The molecule has 0 heterocycles. The molecule has 0 aliphatic heterocycles. The Morgan fingerprint density at radius 3 is 2.24 bits per heavy atom. The maximum absolute atomic E-state index is 13.7. The highest BCUT2D eigenvalue weighted by Crippen LogP contribution is 2.21. The number of amides is 2. The lowest BCUT2D eigenvalue weighted by atomic mass is 10.0. The number of halogens is 1. The zero-order valence-electron chi connectivity index (χ0n) is 20.0. The third-order valence-corrected chi connectivity index (χ3v) is 6.37. The van der Waals surface area contributed by atoms with Gasteiger partial charge in [0.25, 0.3) is 0 Å². The molecule has 0 aliphatic rings. The summed E-state index contributed by atoms with van der Waals surface area (Å²) in [6.07, 6.45) is 2.47. The van der Waals surface area contributed by atoms with E-state index in [9.17, 15) is 9.59 Å². The Kier molecular flexibility index (Phi) is 9.72. The first kappa shape index (κ1) is 25.5. The Morgan fingerprint density at radius 2 is 1.56 bits per heavy atom. The number of nitrogens with one attached hydrogen (secondary N) is 1. The van der Waals surface area contributed by atoms with Crippen LogP contribution in [0.15, 0.2) is 78.9 Å². The zero-order chi connectivity index (χ0) is 24.3. The number of unbranched alkanes of at least 4 members (excludes halogenated alkanes) is 1. The topological polar surface area (TPSA) is 49.4 Å². The number of hydrogen-bond donors (Lipinski definition) is 1. The zero-order valence-corrected chi connectivity index (χ0v) is 20.7. The van der Waals surface area contributed by atoms with Crippen LogP contribution in [0.5, 0.6) is 0 Å². The predicted octanol–water partition coefficient (Wildman–Crippen LogP) is 5.75. The lowest BCUT2D eigenvalue weighted by Gasteiger charge is -2.32. The normalized spacial score (nSPS) is 11.6. The van der Waals surface area contributed by atoms with Gasteiger partial charge in [0.15, 0.2) is 0 Å². The maximum Gasteiger partial charge on any atom is 0.243 e. The van der Waals surface area contributed by atoms with Gasteiger partial charge in [0, 0.05) is 24.5 Å². The van der Waals surface area contributed by atoms with E-state index >= 15 is 0 Å². The first-order valence-corrected chi connectivity index (χ1v) is 12.3. The Labute approximate surface area is 207 Å². The average Bonchev–Trinajstić information content (AvgIpc) is 2.84. The summed E-state index contributed by atoms with van der Waals surface area (Å²) >= 11 is 6.36. The minimum Gasteiger partial charge on any atom is -0.354 e. The number of benzene rings is 3. The second kappa shape index (κ2) is 13.0. The first-order valence-electron chi connectivity index (χ1n) is 11.9. The fourth-order valence-corrected chi connectivity index (χ4v) is 4.14. The van der Waals surface area contributed by atoms with E-state index in [1.165, 1.54) is 0 Å². The minimum absolute atomic E-state index is 0.122. The van der Waals surface area contributed by atoms with Crippen LogP contribution in [-0.2, 0) is 29.0 Å². The monoisotopic (exact) mass is 476 g/mol. The van der Waals surface area contributed by atoms with Crippen LogP contribution >= 0.6 is 11.6 Å². The van der Waals surface area contributed by atoms with Gasteiger partial charge in [-0.15, -0.1) is 0 Å². The molecule has 1 N–H and O–H groups in total. The summed E-state index contributed by atoms with van der Waals surface area (Å²) in [5.41, 5.74) is 3.88. The lowest BCUT2D eigenvalue weighted by Crippen LogP contribution is -2.51. The molecule has 0 spiro atoms. The number of nitrogens with zero attached hydrogens (tertiary/aromatic N) is 1. The quantitative estimate of drug-likeness (QED) is 0.358. The molecule has 0 unspecified atom stereocenters. The van der Waals surface area contributed by atoms with Crippen molar-refractivity contribution in [2.24, 2.45) is 0 Å². The van der Waals surface area contributed by atoms with Crippen LogP contribution in [0.25, 0.3) is 0 Å². The molecular formula is C29H33ClN2O2. The number of aryl methyl sites for hydroxylation is 1. The van der Waals surface area contributed by atoms with E-state index in [1.807, 2.05) is 79.7 Å². The fraction of sp³-hybridized carbons (Fsp3) is 0.310. The molecule has 0 fully saturated rings. The standard InChI is InChI=1S/C29H33ClN2O2/c1-3-4-18-31-29(34)27(19-23-13-6-5-7-14-23)32(21-25-16-9-8-12-22(25)2)28(33)20-24-15-10-11-17-26(24)30/h5-17,27H,3-4,18-21H2,1-2H3,(H,31,34)/t27-/m1/s1. The number of hydrogen-bond acceptors (Lipinski definition) is 2. The molecule has 0 bridgehead atoms. The van der Waals surface area contributed by atoms with Crippen LogP contribution in [0.4, 0.5) is 0 Å². The van der Waals surface area contributed by atoms with Gasteiger partial charge >= 0.3 is 0 Å². The Morgan fingerprint density at radius 1 is 0.912 bits per heavy atom. The van der Waals surface area contributed by atoms with Crippen LogP contribution in [0.1, 0.15) is 42.0 Å². The van der Waals surface area contributed by atoms with Crippen molar-refractivity contribution in [3.8, 4) is 0 Å². The first-order chi connectivity index (χ1) is 16.5. The van der Waals surface area contributed by atoms with E-state index in [0.717, 1.165) is 35.1 Å². The Balaban J connectivity index is 1.96. The van der Waals surface area contributed by atoms with Gasteiger partial charge in [0.2, 0.25) is 11.8 Å². The van der Waals surface area contributed by atoms with Crippen molar-refractivity contribution in [3.05, 3.63) is 106 Å². The highest BCUT2D eigenvalue weighted by Gasteiger charge is 2.30. The van der Waals surface area contributed by atoms with Crippen molar-refractivity contribution in [2.45, 2.75) is 52.1 Å². The summed E-state index contributed by atoms with van der Waals surface area (Å²) in [7, 11) is 0. The second-order valence-electron chi connectivity index (χ2n) is 8.57. The molecule has 34 heavy (non-hydrogen) atoms. The SMILES string of the molecule is CCCCNC(=O)[C@@H](Cc1ccccc1)N(Cc1ccccc1C)C(=O)Cc1ccccc1Cl. The summed E-state index contributed by atoms with van der Waals surface area (Å²) in [4.78, 5) is 28.9. The van der Waals surface area contributed by atoms with Crippen molar-refractivity contribution in [1.82, 2.24) is 10.2 Å². The fourth-order valence-electron chi connectivity index (χ4n) is 3.94. The number of carbonyl (C=O) groups is 2. The summed E-state index contributed by atoms with van der Waals surface area (Å²) in [6.45, 7) is 5.07. The lowest BCUT2D eigenvalue weighted by molar-refractivity contribution is -0.140. The third kappa shape index (κ3) is 7.19. The van der Waals surface area contributed by atoms with Gasteiger partial charge in [0.1, 0.15) is 6.04 Å². The molecule has 0 saturated carbocycles. The average molecular weight is 477 g/mol. The van der Waals surface area contributed by atoms with Crippen LogP contribution < -0.4 is 5.32 Å². The Bertz CT molecular complexity index is 1080. The molecule has 0 saturated heterocycles. The van der Waals surface area contributed by atoms with Gasteiger partial charge in [0.05, 0.1) is 6.42 Å². The van der Waals surface area contributed by atoms with Gasteiger partial charge in [-0.3, -0.25) is 9.59 Å². The van der Waals surface area contributed by atoms with Crippen LogP contribution in [0, 0.1) is 6.92 Å². The summed E-state index contributed by atoms with van der Waals surface area (Å²) in [5, 5.41) is 3.61. The minimum atomic E-state index is -0.631. The molecule has 2 amide bonds. The summed E-state index contributed by atoms with van der Waals surface area (Å²) in [5.74, 6) is -0.249. The van der Waals surface area contributed by atoms with E-state index in [0.29, 0.717) is 24.5 Å². The van der Waals surface area contributed by atoms with Crippen molar-refractivity contribution >= 4 is 23.4 Å². The van der Waals surface area contributed by atoms with Gasteiger partial charge in [-0.25, -0.2) is 0 Å². The molecule has 1 atom stereocenters. The highest BCUT2D eigenvalue weighted by atomic mass is 35.5. The van der Waals surface area contributed by atoms with E-state index in [2.05, 4.69) is 12.2 Å². The molecule has 3 rings (SSSR count). The van der Waals surface area contributed by atoms with Crippen LogP contribution in [0.2, 0.25) is 5.02 Å². The van der Waals surface area contributed by atoms with Crippen molar-refractivity contribution in [1.29, 1.82) is 0 Å². The molecule has 3 aromatic rings. The molecule has 0 aliphatic carbocycles. The van der Waals surface area contributed by atoms with Crippen LogP contribution in [-0.4, -0.2) is 29.3 Å². The Hall–Kier alpha value is -3.11. The van der Waals surface area contributed by atoms with Crippen molar-refractivity contribution in [2.75, 3.05) is 6.54 Å². The van der Waals surface area contributed by atoms with Gasteiger partial charge < -0.3 is 10.2 Å². The van der Waals surface area contributed by atoms with Gasteiger partial charge in [-0.2, -0.15) is 0 Å². The smallest absolute Gasteiger partial charge is 0.243 e. The van der Waals surface area contributed by atoms with E-state index in [4.69, 9.17) is 11.6 Å². The molecule has 5 heteroatoms. The van der Waals surface area contributed by atoms with Crippen molar-refractivity contribution in [3.63, 3.8) is 0 Å².